The monoisotopic (exact) mass is 352 g/mol. The van der Waals surface area contributed by atoms with Crippen LogP contribution in [0.4, 0.5) is 10.3 Å². The van der Waals surface area contributed by atoms with Crippen molar-refractivity contribution in [2.24, 2.45) is 11.1 Å². The minimum Gasteiger partial charge on any atom is -0.342 e. The molecule has 26 heavy (non-hydrogen) atoms. The van der Waals surface area contributed by atoms with E-state index in [2.05, 4.69) is 24.8 Å². The van der Waals surface area contributed by atoms with Gasteiger partial charge in [-0.15, -0.1) is 0 Å². The lowest BCUT2D eigenvalue weighted by Crippen LogP contribution is -2.44. The van der Waals surface area contributed by atoms with Gasteiger partial charge in [-0.05, 0) is 54.9 Å². The topological polar surface area (TPSA) is 83.7 Å². The molecular weight excluding hydrogens is 331 g/mol. The zero-order valence-electron chi connectivity index (χ0n) is 14.7. The van der Waals surface area contributed by atoms with Crippen LogP contribution in [0, 0.1) is 18.2 Å². The number of aromatic amines is 1. The Morgan fingerprint density at radius 2 is 2.08 bits per heavy atom. The highest BCUT2D eigenvalue weighted by atomic mass is 19.1. The molecule has 7 heteroatoms. The molecular formula is C19H21FN6. The summed E-state index contributed by atoms with van der Waals surface area (Å²) < 4.78 is 13.6. The van der Waals surface area contributed by atoms with Crippen LogP contribution in [-0.2, 0) is 6.42 Å². The molecule has 1 aliphatic heterocycles. The van der Waals surface area contributed by atoms with E-state index in [0.717, 1.165) is 55.2 Å². The number of piperidine rings is 1. The number of hydrogen-bond acceptors (Lipinski definition) is 5. The summed E-state index contributed by atoms with van der Waals surface area (Å²) in [6.07, 6.45) is 4.58. The van der Waals surface area contributed by atoms with E-state index in [1.54, 1.807) is 12.3 Å². The Balaban J connectivity index is 1.37. The molecule has 1 fully saturated rings. The largest absolute Gasteiger partial charge is 0.342 e. The molecule has 1 spiro atoms. The number of nitrogens with one attached hydrogen (secondary N) is 1. The summed E-state index contributed by atoms with van der Waals surface area (Å²) in [6.45, 7) is 3.64. The quantitative estimate of drug-likeness (QED) is 0.703. The van der Waals surface area contributed by atoms with Crippen LogP contribution in [0.1, 0.15) is 35.7 Å². The van der Waals surface area contributed by atoms with E-state index < -0.39 is 0 Å². The first kappa shape index (κ1) is 15.7. The van der Waals surface area contributed by atoms with Crippen molar-refractivity contribution in [3.63, 3.8) is 0 Å². The Morgan fingerprint density at radius 1 is 1.27 bits per heavy atom. The fourth-order valence-electron chi connectivity index (χ4n) is 4.51. The lowest BCUT2D eigenvalue weighted by Gasteiger charge is -2.42. The summed E-state index contributed by atoms with van der Waals surface area (Å²) >= 11 is 0. The predicted octanol–water partition coefficient (Wildman–Crippen LogP) is 2.64. The second-order valence-electron chi connectivity index (χ2n) is 7.59. The van der Waals surface area contributed by atoms with Gasteiger partial charge in [-0.1, -0.05) is 6.07 Å². The summed E-state index contributed by atoms with van der Waals surface area (Å²) in [5, 5.41) is 0. The van der Waals surface area contributed by atoms with Gasteiger partial charge in [-0.25, -0.2) is 14.4 Å². The molecule has 2 aromatic heterocycles. The minimum atomic E-state index is -0.203. The van der Waals surface area contributed by atoms with Crippen LogP contribution in [-0.4, -0.2) is 33.0 Å². The number of imidazole rings is 1. The summed E-state index contributed by atoms with van der Waals surface area (Å²) in [7, 11) is 0. The molecule has 6 nitrogen and oxygen atoms in total. The lowest BCUT2D eigenvalue weighted by atomic mass is 9.73. The molecule has 134 valence electrons. The van der Waals surface area contributed by atoms with Crippen molar-refractivity contribution in [1.82, 2.24) is 19.9 Å². The molecule has 0 amide bonds. The van der Waals surface area contributed by atoms with E-state index in [1.807, 2.05) is 13.0 Å². The van der Waals surface area contributed by atoms with E-state index in [4.69, 9.17) is 5.73 Å². The number of nitrogens with two attached hydrogens (primary N) is 1. The normalized spacial score (nSPS) is 21.5. The third-order valence-electron chi connectivity index (χ3n) is 6.02. The van der Waals surface area contributed by atoms with Crippen molar-refractivity contribution in [2.75, 3.05) is 18.0 Å². The van der Waals surface area contributed by atoms with Crippen LogP contribution in [0.5, 0.6) is 0 Å². The zero-order chi connectivity index (χ0) is 17.9. The molecule has 1 aliphatic carbocycles. The number of aryl methyl sites for hydroxylation is 1. The highest BCUT2D eigenvalue weighted by Crippen LogP contribution is 2.51. The Bertz CT molecular complexity index is 989. The SMILES string of the molecule is Cc1cnc2nc(N3CCC4(CC3)Cc3ccc(F)cc3C4N)[nH]c2n1. The Morgan fingerprint density at radius 3 is 2.88 bits per heavy atom. The first-order valence-electron chi connectivity index (χ1n) is 9.02. The van der Waals surface area contributed by atoms with Gasteiger partial charge in [0.05, 0.1) is 11.9 Å². The molecule has 0 bridgehead atoms. The van der Waals surface area contributed by atoms with Crippen LogP contribution >= 0.6 is 0 Å². The Labute approximate surface area is 150 Å². The van der Waals surface area contributed by atoms with Crippen LogP contribution in [0.25, 0.3) is 11.3 Å². The maximum Gasteiger partial charge on any atom is 0.206 e. The molecule has 5 rings (SSSR count). The number of anilines is 1. The maximum atomic E-state index is 13.6. The molecule has 1 aromatic carbocycles. The van der Waals surface area contributed by atoms with Crippen molar-refractivity contribution in [3.8, 4) is 0 Å². The van der Waals surface area contributed by atoms with Crippen LogP contribution in [0.2, 0.25) is 0 Å². The van der Waals surface area contributed by atoms with Crippen molar-refractivity contribution < 1.29 is 4.39 Å². The van der Waals surface area contributed by atoms with E-state index in [9.17, 15) is 4.39 Å². The molecule has 2 aliphatic rings. The van der Waals surface area contributed by atoms with E-state index in [1.165, 1.54) is 11.6 Å². The fraction of sp³-hybridized carbons (Fsp3) is 0.421. The van der Waals surface area contributed by atoms with E-state index in [0.29, 0.717) is 5.65 Å². The maximum absolute atomic E-state index is 13.6. The predicted molar refractivity (Wildman–Crippen MR) is 97.3 cm³/mol. The van der Waals surface area contributed by atoms with Gasteiger partial charge in [0.1, 0.15) is 5.82 Å². The number of halogens is 1. The smallest absolute Gasteiger partial charge is 0.206 e. The lowest BCUT2D eigenvalue weighted by molar-refractivity contribution is 0.187. The van der Waals surface area contributed by atoms with Gasteiger partial charge in [0.15, 0.2) is 11.3 Å². The summed E-state index contributed by atoms with van der Waals surface area (Å²) in [6, 6.07) is 4.94. The molecule has 1 unspecified atom stereocenters. The molecule has 0 radical (unpaired) electrons. The Kier molecular flexibility index (Phi) is 3.31. The third-order valence-corrected chi connectivity index (χ3v) is 6.02. The summed E-state index contributed by atoms with van der Waals surface area (Å²) in [5.41, 5.74) is 11.0. The standard InChI is InChI=1S/C19H21FN6/c1-11-10-22-16-17(23-11)25-18(24-16)26-6-4-19(5-7-26)9-12-2-3-13(20)8-14(12)15(19)21/h2-3,8,10,15H,4-7,9,21H2,1H3,(H,22,23,24,25). The van der Waals surface area contributed by atoms with Crippen LogP contribution in [0.3, 0.4) is 0 Å². The van der Waals surface area contributed by atoms with Crippen LogP contribution < -0.4 is 10.6 Å². The van der Waals surface area contributed by atoms with Crippen LogP contribution in [0.15, 0.2) is 24.4 Å². The first-order chi connectivity index (χ1) is 12.5. The fourth-order valence-corrected chi connectivity index (χ4v) is 4.51. The van der Waals surface area contributed by atoms with Crippen molar-refractivity contribution in [2.45, 2.75) is 32.2 Å². The average molecular weight is 352 g/mol. The van der Waals surface area contributed by atoms with Gasteiger partial charge in [0.2, 0.25) is 5.95 Å². The van der Waals surface area contributed by atoms with Crippen molar-refractivity contribution in [3.05, 3.63) is 47.0 Å². The van der Waals surface area contributed by atoms with Gasteiger partial charge in [0, 0.05) is 19.1 Å². The summed E-state index contributed by atoms with van der Waals surface area (Å²) in [5.74, 6) is 0.613. The van der Waals surface area contributed by atoms with E-state index in [-0.39, 0.29) is 17.3 Å². The van der Waals surface area contributed by atoms with Gasteiger partial charge < -0.3 is 15.6 Å². The zero-order valence-corrected chi connectivity index (χ0v) is 14.7. The van der Waals surface area contributed by atoms with Crippen molar-refractivity contribution in [1.29, 1.82) is 0 Å². The number of fused-ring (bicyclic) bond motifs is 2. The molecule has 0 saturated carbocycles. The van der Waals surface area contributed by atoms with Crippen molar-refractivity contribution >= 4 is 17.2 Å². The number of hydrogen-bond donors (Lipinski definition) is 2. The molecule has 1 atom stereocenters. The molecule has 3 N–H and O–H groups in total. The number of rotatable bonds is 1. The highest BCUT2D eigenvalue weighted by molar-refractivity contribution is 5.69. The number of aromatic nitrogens is 4. The second kappa shape index (κ2) is 5.48. The minimum absolute atomic E-state index is 0.0196. The number of H-pyrrole nitrogens is 1. The Hall–Kier alpha value is -2.54. The number of benzene rings is 1. The van der Waals surface area contributed by atoms with Gasteiger partial charge in [0.25, 0.3) is 0 Å². The molecule has 3 aromatic rings. The summed E-state index contributed by atoms with van der Waals surface area (Å²) in [4.78, 5) is 18.9. The number of nitrogens with zero attached hydrogens (tertiary/aromatic N) is 4. The van der Waals surface area contributed by atoms with Gasteiger partial charge in [-0.2, -0.15) is 4.98 Å². The molecule has 1 saturated heterocycles. The van der Waals surface area contributed by atoms with Gasteiger partial charge >= 0.3 is 0 Å². The third kappa shape index (κ3) is 2.30. The first-order valence-corrected chi connectivity index (χ1v) is 9.02. The molecule has 3 heterocycles. The average Bonchev–Trinajstić information content (AvgIpc) is 3.16. The highest BCUT2D eigenvalue weighted by Gasteiger charge is 2.46. The second-order valence-corrected chi connectivity index (χ2v) is 7.59. The van der Waals surface area contributed by atoms with Gasteiger partial charge in [-0.3, -0.25) is 0 Å². The van der Waals surface area contributed by atoms with E-state index >= 15 is 0 Å².